The Morgan fingerprint density at radius 3 is 2.72 bits per heavy atom. The molecular formula is C22H38O3. The smallest absolute Gasteiger partial charge is 0.302 e. The van der Waals surface area contributed by atoms with Crippen molar-refractivity contribution in [3.05, 3.63) is 11.6 Å². The molecule has 2 aliphatic carbocycles. The number of ether oxygens (including phenoxy) is 1. The summed E-state index contributed by atoms with van der Waals surface area (Å²) in [6.45, 7) is 11.8. The lowest BCUT2D eigenvalue weighted by Gasteiger charge is -2.58. The van der Waals surface area contributed by atoms with Crippen molar-refractivity contribution in [2.24, 2.45) is 28.6 Å². The number of esters is 1. The van der Waals surface area contributed by atoms with Gasteiger partial charge in [0.25, 0.3) is 0 Å². The van der Waals surface area contributed by atoms with Gasteiger partial charge in [-0.05, 0) is 72.7 Å². The summed E-state index contributed by atoms with van der Waals surface area (Å²) in [5, 5.41) is 9.88. The summed E-state index contributed by atoms with van der Waals surface area (Å²) >= 11 is 0. The van der Waals surface area contributed by atoms with Crippen molar-refractivity contribution in [2.75, 3.05) is 13.2 Å². The summed E-state index contributed by atoms with van der Waals surface area (Å²) in [5.74, 6) is 1.79. The van der Waals surface area contributed by atoms with E-state index in [0.717, 1.165) is 18.8 Å². The summed E-state index contributed by atoms with van der Waals surface area (Å²) in [6.07, 6.45) is 10.5. The van der Waals surface area contributed by atoms with E-state index in [4.69, 9.17) is 4.74 Å². The monoisotopic (exact) mass is 350 g/mol. The summed E-state index contributed by atoms with van der Waals surface area (Å²) in [5.41, 5.74) is 1.79. The van der Waals surface area contributed by atoms with Gasteiger partial charge in [-0.1, -0.05) is 40.2 Å². The van der Waals surface area contributed by atoms with E-state index in [1.807, 2.05) is 0 Å². The highest BCUT2D eigenvalue weighted by molar-refractivity contribution is 5.65. The summed E-state index contributed by atoms with van der Waals surface area (Å²) in [6, 6.07) is 0. The number of fused-ring (bicyclic) bond motifs is 1. The second-order valence-corrected chi connectivity index (χ2v) is 9.15. The van der Waals surface area contributed by atoms with Crippen LogP contribution in [-0.4, -0.2) is 24.3 Å². The highest BCUT2D eigenvalue weighted by Crippen LogP contribution is 2.61. The quantitative estimate of drug-likeness (QED) is 0.511. The number of carbonyl (C=O) groups is 1. The maximum Gasteiger partial charge on any atom is 0.302 e. The van der Waals surface area contributed by atoms with Gasteiger partial charge in [0, 0.05) is 6.92 Å². The van der Waals surface area contributed by atoms with E-state index < -0.39 is 0 Å². The number of hydrogen-bond acceptors (Lipinski definition) is 3. The Morgan fingerprint density at radius 2 is 2.08 bits per heavy atom. The highest BCUT2D eigenvalue weighted by atomic mass is 16.5. The normalized spacial score (nSPS) is 36.3. The molecule has 3 heteroatoms. The Balaban J connectivity index is 2.04. The third-order valence-corrected chi connectivity index (χ3v) is 7.63. The first-order valence-electron chi connectivity index (χ1n) is 10.2. The molecule has 0 radical (unpaired) electrons. The van der Waals surface area contributed by atoms with E-state index >= 15 is 0 Å². The lowest BCUT2D eigenvalue weighted by molar-refractivity contribution is -0.141. The van der Waals surface area contributed by atoms with Crippen LogP contribution in [0.25, 0.3) is 0 Å². The van der Waals surface area contributed by atoms with Crippen molar-refractivity contribution in [1.82, 2.24) is 0 Å². The predicted octanol–water partition coefficient (Wildman–Crippen LogP) is 5.13. The van der Waals surface area contributed by atoms with Crippen molar-refractivity contribution >= 4 is 5.97 Å². The molecule has 25 heavy (non-hydrogen) atoms. The zero-order valence-electron chi connectivity index (χ0n) is 16.9. The molecule has 1 fully saturated rings. The molecule has 144 valence electrons. The van der Waals surface area contributed by atoms with Gasteiger partial charge >= 0.3 is 5.97 Å². The second kappa shape index (κ2) is 8.24. The zero-order chi connectivity index (χ0) is 18.7. The molecule has 3 nitrogen and oxygen atoms in total. The zero-order valence-corrected chi connectivity index (χ0v) is 16.9. The first-order valence-corrected chi connectivity index (χ1v) is 10.2. The van der Waals surface area contributed by atoms with Crippen LogP contribution in [-0.2, 0) is 9.53 Å². The molecule has 2 aliphatic rings. The van der Waals surface area contributed by atoms with Crippen LogP contribution in [0.1, 0.15) is 79.6 Å². The molecule has 2 rings (SSSR count). The Bertz CT molecular complexity index is 498. The topological polar surface area (TPSA) is 46.5 Å². The van der Waals surface area contributed by atoms with Crippen molar-refractivity contribution in [3.63, 3.8) is 0 Å². The molecule has 1 N–H and O–H groups in total. The highest BCUT2D eigenvalue weighted by Gasteiger charge is 2.53. The van der Waals surface area contributed by atoms with Crippen LogP contribution in [0.15, 0.2) is 11.6 Å². The van der Waals surface area contributed by atoms with Gasteiger partial charge in [0.15, 0.2) is 0 Å². The maximum absolute atomic E-state index is 10.9. The Labute approximate surface area is 154 Å². The molecule has 0 aromatic rings. The van der Waals surface area contributed by atoms with Crippen LogP contribution < -0.4 is 0 Å². The third-order valence-electron chi connectivity index (χ3n) is 7.63. The third kappa shape index (κ3) is 4.30. The van der Waals surface area contributed by atoms with Gasteiger partial charge in [0.05, 0.1) is 13.2 Å². The van der Waals surface area contributed by atoms with E-state index in [-0.39, 0.29) is 18.0 Å². The average molecular weight is 351 g/mol. The molecule has 0 aromatic heterocycles. The average Bonchev–Trinajstić information content (AvgIpc) is 2.56. The van der Waals surface area contributed by atoms with Crippen molar-refractivity contribution < 1.29 is 14.6 Å². The molecule has 0 saturated heterocycles. The molecule has 0 aromatic carbocycles. The largest absolute Gasteiger partial charge is 0.466 e. The van der Waals surface area contributed by atoms with Crippen molar-refractivity contribution in [2.45, 2.75) is 79.6 Å². The van der Waals surface area contributed by atoms with Gasteiger partial charge in [0.2, 0.25) is 0 Å². The first-order chi connectivity index (χ1) is 11.7. The van der Waals surface area contributed by atoms with E-state index in [0.29, 0.717) is 23.9 Å². The fourth-order valence-electron chi connectivity index (χ4n) is 5.55. The first kappa shape index (κ1) is 20.5. The molecule has 0 aliphatic heterocycles. The molecule has 0 unspecified atom stereocenters. The summed E-state index contributed by atoms with van der Waals surface area (Å²) in [7, 11) is 0. The Hall–Kier alpha value is -0.830. The van der Waals surface area contributed by atoms with Crippen molar-refractivity contribution in [3.8, 4) is 0 Å². The number of aliphatic hydroxyl groups is 1. The lowest BCUT2D eigenvalue weighted by Crippen LogP contribution is -2.50. The van der Waals surface area contributed by atoms with Crippen LogP contribution in [0.4, 0.5) is 0 Å². The number of aliphatic hydroxyl groups excluding tert-OH is 1. The minimum atomic E-state index is -0.179. The van der Waals surface area contributed by atoms with E-state index in [9.17, 15) is 9.90 Å². The summed E-state index contributed by atoms with van der Waals surface area (Å²) < 4.78 is 5.11. The number of rotatable bonds is 7. The Kier molecular flexibility index (Phi) is 6.75. The number of allylic oxidation sites excluding steroid dienone is 1. The standard InChI is InChI=1S/C22H38O3/c1-16(11-14-25-18(3)24)9-12-21(4)17(2)10-13-22(5)19(15-23)7-6-8-20(21)22/h7,16-17,20,23H,6,8-15H2,1-5H3/t16-,17+,20+,21-,22+/m0/s1. The van der Waals surface area contributed by atoms with Crippen LogP contribution in [0, 0.1) is 28.6 Å². The molecule has 0 spiro atoms. The number of carbonyl (C=O) groups excluding carboxylic acids is 1. The maximum atomic E-state index is 10.9. The molecule has 5 atom stereocenters. The SMILES string of the molecule is CC(=O)OCC[C@@H](C)CC[C@@]1(C)[C@H](C)CC[C@]2(C)C(CO)=CCC[C@H]12. The minimum absolute atomic E-state index is 0.176. The minimum Gasteiger partial charge on any atom is -0.466 e. The van der Waals surface area contributed by atoms with Gasteiger partial charge in [-0.3, -0.25) is 4.79 Å². The van der Waals surface area contributed by atoms with Gasteiger partial charge in [-0.15, -0.1) is 0 Å². The lowest BCUT2D eigenvalue weighted by atomic mass is 9.46. The van der Waals surface area contributed by atoms with Gasteiger partial charge in [0.1, 0.15) is 0 Å². The van der Waals surface area contributed by atoms with E-state index in [2.05, 4.69) is 33.8 Å². The van der Waals surface area contributed by atoms with Gasteiger partial charge < -0.3 is 9.84 Å². The van der Waals surface area contributed by atoms with Crippen molar-refractivity contribution in [1.29, 1.82) is 0 Å². The van der Waals surface area contributed by atoms with Gasteiger partial charge in [-0.2, -0.15) is 0 Å². The fourth-order valence-corrected chi connectivity index (χ4v) is 5.55. The van der Waals surface area contributed by atoms with Crippen LogP contribution >= 0.6 is 0 Å². The molecule has 1 saturated carbocycles. The summed E-state index contributed by atoms with van der Waals surface area (Å²) in [4.78, 5) is 10.9. The predicted molar refractivity (Wildman–Crippen MR) is 102 cm³/mol. The second-order valence-electron chi connectivity index (χ2n) is 9.15. The molecule has 0 amide bonds. The van der Waals surface area contributed by atoms with E-state index in [1.54, 1.807) is 0 Å². The molecular weight excluding hydrogens is 312 g/mol. The van der Waals surface area contributed by atoms with Crippen LogP contribution in [0.3, 0.4) is 0 Å². The number of hydrogen-bond donors (Lipinski definition) is 1. The van der Waals surface area contributed by atoms with Gasteiger partial charge in [-0.25, -0.2) is 0 Å². The fraction of sp³-hybridized carbons (Fsp3) is 0.864. The Morgan fingerprint density at radius 1 is 1.36 bits per heavy atom. The molecule has 0 bridgehead atoms. The van der Waals surface area contributed by atoms with Crippen LogP contribution in [0.2, 0.25) is 0 Å². The molecule has 0 heterocycles. The van der Waals surface area contributed by atoms with E-state index in [1.165, 1.54) is 44.6 Å². The van der Waals surface area contributed by atoms with Crippen LogP contribution in [0.5, 0.6) is 0 Å².